The molecule has 23 heavy (non-hydrogen) atoms. The molecule has 0 saturated carbocycles. The summed E-state index contributed by atoms with van der Waals surface area (Å²) >= 11 is 6.47. The van der Waals surface area contributed by atoms with Crippen molar-refractivity contribution in [3.63, 3.8) is 0 Å². The number of H-pyrrole nitrogens is 1. The Morgan fingerprint density at radius 3 is 3.09 bits per heavy atom. The molecule has 0 amide bonds. The van der Waals surface area contributed by atoms with Crippen LogP contribution in [0.3, 0.4) is 0 Å². The Morgan fingerprint density at radius 1 is 1.52 bits per heavy atom. The second kappa shape index (κ2) is 5.76. The summed E-state index contributed by atoms with van der Waals surface area (Å²) in [4.78, 5) is 5.76. The monoisotopic (exact) mass is 348 g/mol. The van der Waals surface area contributed by atoms with Gasteiger partial charge in [0.25, 0.3) is 0 Å². The summed E-state index contributed by atoms with van der Waals surface area (Å²) in [6.45, 7) is 5.62. The summed E-state index contributed by atoms with van der Waals surface area (Å²) in [6.07, 6.45) is 5.73. The maximum absolute atomic E-state index is 12.1. The number of likely N-dealkylation sites (tertiary alicyclic amines) is 1. The summed E-state index contributed by atoms with van der Waals surface area (Å²) in [7, 11) is -0.803. The Balaban J connectivity index is 1.85. The Bertz CT molecular complexity index is 800. The normalized spacial score (nSPS) is 28.5. The van der Waals surface area contributed by atoms with E-state index in [9.17, 15) is 4.21 Å². The van der Waals surface area contributed by atoms with Crippen LogP contribution in [0.1, 0.15) is 23.5 Å². The van der Waals surface area contributed by atoms with Gasteiger partial charge in [0.05, 0.1) is 0 Å². The molecule has 0 bridgehead atoms. The molecule has 2 heterocycles. The standard InChI is InChI=1S/C18H21ClN2OS/c1-3-7-21-10-11(23(2)22)8-13-12-5-4-6-15-17(12)14(9-16(13)21)18(19)20-15/h3-6,11,13,16,20H,1,7-10H2,2H3/t11-,13?,16-,23?/m1/s1. The largest absolute Gasteiger partial charge is 0.345 e. The third-order valence-corrected chi connectivity index (χ3v) is 7.05. The molecular formula is C18H21ClN2OS. The van der Waals surface area contributed by atoms with E-state index in [-0.39, 0.29) is 5.25 Å². The first-order valence-corrected chi connectivity index (χ1v) is 10.1. The third kappa shape index (κ3) is 2.39. The van der Waals surface area contributed by atoms with E-state index in [2.05, 4.69) is 34.7 Å². The van der Waals surface area contributed by atoms with E-state index in [1.807, 2.05) is 12.3 Å². The molecule has 4 rings (SSSR count). The van der Waals surface area contributed by atoms with Crippen LogP contribution in [0.2, 0.25) is 5.15 Å². The number of piperidine rings is 1. The van der Waals surface area contributed by atoms with Crippen molar-refractivity contribution < 1.29 is 4.21 Å². The summed E-state index contributed by atoms with van der Waals surface area (Å²) in [5, 5.41) is 2.29. The van der Waals surface area contributed by atoms with Crippen LogP contribution in [-0.4, -0.2) is 44.7 Å². The van der Waals surface area contributed by atoms with Crippen molar-refractivity contribution in [2.45, 2.75) is 30.1 Å². The van der Waals surface area contributed by atoms with Crippen molar-refractivity contribution in [3.8, 4) is 0 Å². The summed E-state index contributed by atoms with van der Waals surface area (Å²) in [6, 6.07) is 6.83. The minimum Gasteiger partial charge on any atom is -0.345 e. The predicted molar refractivity (Wildman–Crippen MR) is 97.8 cm³/mol. The fourth-order valence-electron chi connectivity index (χ4n) is 4.41. The lowest BCUT2D eigenvalue weighted by Crippen LogP contribution is -2.52. The van der Waals surface area contributed by atoms with E-state index in [1.165, 1.54) is 16.5 Å². The Hall–Kier alpha value is -1.10. The molecular weight excluding hydrogens is 328 g/mol. The van der Waals surface area contributed by atoms with Gasteiger partial charge in [0, 0.05) is 58.3 Å². The highest BCUT2D eigenvalue weighted by atomic mass is 35.5. The van der Waals surface area contributed by atoms with Gasteiger partial charge in [0.1, 0.15) is 5.15 Å². The Labute approximate surface area is 144 Å². The first-order chi connectivity index (χ1) is 11.1. The second-order valence-corrected chi connectivity index (χ2v) is 8.71. The molecule has 0 radical (unpaired) electrons. The lowest BCUT2D eigenvalue weighted by Gasteiger charge is -2.46. The Morgan fingerprint density at radius 2 is 2.35 bits per heavy atom. The number of benzene rings is 1. The van der Waals surface area contributed by atoms with E-state index in [0.717, 1.165) is 36.6 Å². The smallest absolute Gasteiger partial charge is 0.110 e. The van der Waals surface area contributed by atoms with Gasteiger partial charge in [-0.05, 0) is 30.0 Å². The second-order valence-electron chi connectivity index (χ2n) is 6.66. The van der Waals surface area contributed by atoms with Crippen LogP contribution in [0.5, 0.6) is 0 Å². The first kappa shape index (κ1) is 15.4. The molecule has 2 unspecified atom stereocenters. The number of hydrogen-bond acceptors (Lipinski definition) is 2. The van der Waals surface area contributed by atoms with E-state index < -0.39 is 10.8 Å². The maximum Gasteiger partial charge on any atom is 0.110 e. The summed E-state index contributed by atoms with van der Waals surface area (Å²) < 4.78 is 12.1. The van der Waals surface area contributed by atoms with Crippen molar-refractivity contribution in [1.82, 2.24) is 9.88 Å². The highest BCUT2D eigenvalue weighted by Gasteiger charge is 2.42. The van der Waals surface area contributed by atoms with E-state index in [4.69, 9.17) is 11.6 Å². The van der Waals surface area contributed by atoms with E-state index >= 15 is 0 Å². The number of halogens is 1. The van der Waals surface area contributed by atoms with E-state index in [0.29, 0.717) is 12.0 Å². The molecule has 0 spiro atoms. The van der Waals surface area contributed by atoms with Gasteiger partial charge in [-0.1, -0.05) is 29.8 Å². The minimum absolute atomic E-state index is 0.224. The molecule has 1 aliphatic heterocycles. The van der Waals surface area contributed by atoms with Gasteiger partial charge in [0.2, 0.25) is 0 Å². The number of hydrogen-bond donors (Lipinski definition) is 1. The average Bonchev–Trinajstić information content (AvgIpc) is 2.85. The molecule has 2 aliphatic rings. The summed E-state index contributed by atoms with van der Waals surface area (Å²) in [5.41, 5.74) is 3.72. The minimum atomic E-state index is -0.803. The van der Waals surface area contributed by atoms with Crippen molar-refractivity contribution in [2.75, 3.05) is 19.3 Å². The number of nitrogens with one attached hydrogen (secondary N) is 1. The maximum atomic E-state index is 12.1. The SMILES string of the molecule is C=CCN1C[C@H](S(C)=O)CC2c3cccc4[nH]c(Cl)c(c34)C[C@H]21. The average molecular weight is 349 g/mol. The molecule has 1 N–H and O–H groups in total. The zero-order valence-electron chi connectivity index (χ0n) is 13.2. The van der Waals surface area contributed by atoms with Gasteiger partial charge in [-0.3, -0.25) is 9.11 Å². The van der Waals surface area contributed by atoms with Crippen LogP contribution in [0, 0.1) is 0 Å². The highest BCUT2D eigenvalue weighted by Crippen LogP contribution is 2.45. The number of fused-ring (bicyclic) bond motifs is 2. The van der Waals surface area contributed by atoms with Crippen LogP contribution < -0.4 is 0 Å². The van der Waals surface area contributed by atoms with Gasteiger partial charge in [-0.2, -0.15) is 0 Å². The molecule has 1 aromatic heterocycles. The first-order valence-electron chi connectivity index (χ1n) is 8.06. The fraction of sp³-hybridized carbons (Fsp3) is 0.444. The number of rotatable bonds is 3. The molecule has 4 atom stereocenters. The molecule has 1 saturated heterocycles. The van der Waals surface area contributed by atoms with Crippen molar-refractivity contribution >= 4 is 33.3 Å². The predicted octanol–water partition coefficient (Wildman–Crippen LogP) is 3.47. The molecule has 1 fully saturated rings. The fourth-order valence-corrected chi connectivity index (χ4v) is 5.57. The lowest BCUT2D eigenvalue weighted by atomic mass is 9.75. The van der Waals surface area contributed by atoms with Crippen LogP contribution in [0.4, 0.5) is 0 Å². The highest BCUT2D eigenvalue weighted by molar-refractivity contribution is 7.84. The van der Waals surface area contributed by atoms with Gasteiger partial charge < -0.3 is 4.98 Å². The summed E-state index contributed by atoms with van der Waals surface area (Å²) in [5.74, 6) is 0.417. The van der Waals surface area contributed by atoms with Crippen LogP contribution >= 0.6 is 11.6 Å². The van der Waals surface area contributed by atoms with Crippen molar-refractivity contribution in [3.05, 3.63) is 47.1 Å². The molecule has 5 heteroatoms. The van der Waals surface area contributed by atoms with Gasteiger partial charge in [-0.15, -0.1) is 6.58 Å². The van der Waals surface area contributed by atoms with Crippen LogP contribution in [0.25, 0.3) is 10.9 Å². The topological polar surface area (TPSA) is 36.1 Å². The van der Waals surface area contributed by atoms with Gasteiger partial charge >= 0.3 is 0 Å². The van der Waals surface area contributed by atoms with Crippen molar-refractivity contribution in [1.29, 1.82) is 0 Å². The Kier molecular flexibility index (Phi) is 3.87. The van der Waals surface area contributed by atoms with Gasteiger partial charge in [-0.25, -0.2) is 0 Å². The number of aromatic amines is 1. The molecule has 122 valence electrons. The molecule has 3 nitrogen and oxygen atoms in total. The zero-order chi connectivity index (χ0) is 16.1. The molecule has 1 aliphatic carbocycles. The third-order valence-electron chi connectivity index (χ3n) is 5.44. The van der Waals surface area contributed by atoms with Crippen LogP contribution in [-0.2, 0) is 17.2 Å². The van der Waals surface area contributed by atoms with Crippen molar-refractivity contribution in [2.24, 2.45) is 0 Å². The van der Waals surface area contributed by atoms with Gasteiger partial charge in [0.15, 0.2) is 0 Å². The van der Waals surface area contributed by atoms with E-state index in [1.54, 1.807) is 0 Å². The van der Waals surface area contributed by atoms with Crippen LogP contribution in [0.15, 0.2) is 30.9 Å². The number of nitrogens with zero attached hydrogens (tertiary/aromatic N) is 1. The number of aromatic nitrogens is 1. The molecule has 1 aromatic carbocycles. The lowest BCUT2D eigenvalue weighted by molar-refractivity contribution is 0.142. The zero-order valence-corrected chi connectivity index (χ0v) is 14.8. The quantitative estimate of drug-likeness (QED) is 0.862. The molecule has 2 aromatic rings.